The molecule has 9 heteroatoms. The molecule has 0 spiro atoms. The van der Waals surface area contributed by atoms with Gasteiger partial charge in [0.2, 0.25) is 5.91 Å². The number of benzene rings is 2. The molecule has 0 heterocycles. The van der Waals surface area contributed by atoms with Crippen molar-refractivity contribution >= 4 is 17.3 Å². The number of carbonyl (C=O) groups is 1. The van der Waals surface area contributed by atoms with Gasteiger partial charge in [0.1, 0.15) is 0 Å². The van der Waals surface area contributed by atoms with Crippen LogP contribution in [-0.4, -0.2) is 12.5 Å². The third-order valence-corrected chi connectivity index (χ3v) is 3.15. The third kappa shape index (κ3) is 5.13. The van der Waals surface area contributed by atoms with E-state index in [1.54, 1.807) is 0 Å². The summed E-state index contributed by atoms with van der Waals surface area (Å²) in [6, 6.07) is 8.54. The number of hydrogen-bond donors (Lipinski definition) is 2. The summed E-state index contributed by atoms with van der Waals surface area (Å²) in [7, 11) is 0. The summed E-state index contributed by atoms with van der Waals surface area (Å²) in [5.41, 5.74) is -2.32. The van der Waals surface area contributed by atoms with Crippen LogP contribution in [0.3, 0.4) is 0 Å². The SMILES string of the molecule is O=C(CNc1cccc(C(F)(F)F)c1)Nc1ccccc1C(F)(F)F. The van der Waals surface area contributed by atoms with Crippen molar-refractivity contribution in [2.75, 3.05) is 17.2 Å². The monoisotopic (exact) mass is 362 g/mol. The molecule has 0 unspecified atom stereocenters. The lowest BCUT2D eigenvalue weighted by Gasteiger charge is -2.14. The number of halogens is 6. The van der Waals surface area contributed by atoms with E-state index in [1.807, 2.05) is 0 Å². The van der Waals surface area contributed by atoms with Crippen molar-refractivity contribution in [1.82, 2.24) is 0 Å². The van der Waals surface area contributed by atoms with E-state index >= 15 is 0 Å². The molecule has 0 aromatic heterocycles. The number of hydrogen-bond acceptors (Lipinski definition) is 2. The Hall–Kier alpha value is -2.71. The van der Waals surface area contributed by atoms with E-state index in [1.165, 1.54) is 18.2 Å². The Kier molecular flexibility index (Phi) is 5.24. The number of amides is 1. The summed E-state index contributed by atoms with van der Waals surface area (Å²) in [5, 5.41) is 4.53. The second-order valence-electron chi connectivity index (χ2n) is 5.02. The molecule has 2 N–H and O–H groups in total. The highest BCUT2D eigenvalue weighted by Gasteiger charge is 2.33. The quantitative estimate of drug-likeness (QED) is 0.769. The molecule has 0 bridgehead atoms. The molecule has 1 amide bonds. The molecule has 2 aromatic rings. The number of nitrogens with one attached hydrogen (secondary N) is 2. The molecule has 0 saturated carbocycles. The Morgan fingerprint density at radius 3 is 2.20 bits per heavy atom. The Morgan fingerprint density at radius 1 is 0.880 bits per heavy atom. The summed E-state index contributed by atoms with van der Waals surface area (Å²) in [6.07, 6.45) is -9.18. The molecular formula is C16H12F6N2O. The van der Waals surface area contributed by atoms with Gasteiger partial charge in [0, 0.05) is 5.69 Å². The van der Waals surface area contributed by atoms with Crippen LogP contribution in [0.5, 0.6) is 0 Å². The number of alkyl halides is 6. The Bertz CT molecular complexity index is 755. The lowest BCUT2D eigenvalue weighted by molar-refractivity contribution is -0.138. The van der Waals surface area contributed by atoms with Crippen LogP contribution in [0.15, 0.2) is 48.5 Å². The number of anilines is 2. The van der Waals surface area contributed by atoms with Crippen LogP contribution in [0, 0.1) is 0 Å². The minimum Gasteiger partial charge on any atom is -0.376 e. The van der Waals surface area contributed by atoms with Gasteiger partial charge in [-0.05, 0) is 30.3 Å². The minimum atomic E-state index is -4.64. The van der Waals surface area contributed by atoms with Crippen LogP contribution in [0.4, 0.5) is 37.7 Å². The molecule has 25 heavy (non-hydrogen) atoms. The van der Waals surface area contributed by atoms with Crippen molar-refractivity contribution in [2.45, 2.75) is 12.4 Å². The second-order valence-corrected chi connectivity index (χ2v) is 5.02. The molecule has 0 atom stereocenters. The van der Waals surface area contributed by atoms with Gasteiger partial charge in [0.15, 0.2) is 0 Å². The predicted octanol–water partition coefficient (Wildman–Crippen LogP) is 4.77. The van der Waals surface area contributed by atoms with Gasteiger partial charge in [0.25, 0.3) is 0 Å². The van der Waals surface area contributed by atoms with Crippen molar-refractivity contribution < 1.29 is 31.1 Å². The Balaban J connectivity index is 2.03. The maximum Gasteiger partial charge on any atom is 0.418 e. The van der Waals surface area contributed by atoms with Gasteiger partial charge in [-0.25, -0.2) is 0 Å². The van der Waals surface area contributed by atoms with Gasteiger partial charge in [-0.2, -0.15) is 26.3 Å². The smallest absolute Gasteiger partial charge is 0.376 e. The molecular weight excluding hydrogens is 350 g/mol. The van der Waals surface area contributed by atoms with Crippen LogP contribution in [0.25, 0.3) is 0 Å². The van der Waals surface area contributed by atoms with E-state index in [9.17, 15) is 31.1 Å². The molecule has 0 aliphatic heterocycles. The maximum atomic E-state index is 12.8. The highest BCUT2D eigenvalue weighted by atomic mass is 19.4. The van der Waals surface area contributed by atoms with Crippen molar-refractivity contribution in [3.05, 3.63) is 59.7 Å². The molecule has 2 aromatic carbocycles. The fraction of sp³-hybridized carbons (Fsp3) is 0.188. The summed E-state index contributed by atoms with van der Waals surface area (Å²) in [6.45, 7) is -0.493. The fourth-order valence-corrected chi connectivity index (χ4v) is 2.02. The van der Waals surface area contributed by atoms with Crippen molar-refractivity contribution in [1.29, 1.82) is 0 Å². The lowest BCUT2D eigenvalue weighted by atomic mass is 10.1. The van der Waals surface area contributed by atoms with Crippen molar-refractivity contribution in [3.63, 3.8) is 0 Å². The highest BCUT2D eigenvalue weighted by Crippen LogP contribution is 2.34. The Labute approximate surface area is 138 Å². The van der Waals surface area contributed by atoms with Crippen LogP contribution >= 0.6 is 0 Å². The van der Waals surface area contributed by atoms with Crippen LogP contribution in [0.2, 0.25) is 0 Å². The van der Waals surface area contributed by atoms with Crippen molar-refractivity contribution in [3.8, 4) is 0 Å². The van der Waals surface area contributed by atoms with Gasteiger partial charge in [0.05, 0.1) is 23.4 Å². The lowest BCUT2D eigenvalue weighted by Crippen LogP contribution is -2.23. The van der Waals surface area contributed by atoms with Gasteiger partial charge in [-0.3, -0.25) is 4.79 Å². The van der Waals surface area contributed by atoms with Crippen LogP contribution in [-0.2, 0) is 17.1 Å². The molecule has 0 aliphatic rings. The zero-order valence-electron chi connectivity index (χ0n) is 12.5. The van der Waals surface area contributed by atoms with E-state index in [2.05, 4.69) is 10.6 Å². The highest BCUT2D eigenvalue weighted by molar-refractivity contribution is 5.94. The second kappa shape index (κ2) is 7.04. The minimum absolute atomic E-state index is 0.0223. The number of rotatable bonds is 4. The van der Waals surface area contributed by atoms with E-state index in [4.69, 9.17) is 0 Å². The normalized spacial score (nSPS) is 11.9. The number of carbonyl (C=O) groups excluding carboxylic acids is 1. The molecule has 0 aliphatic carbocycles. The summed E-state index contributed by atoms with van der Waals surface area (Å²) < 4.78 is 76.3. The van der Waals surface area contributed by atoms with E-state index in [0.29, 0.717) is 0 Å². The van der Waals surface area contributed by atoms with E-state index in [-0.39, 0.29) is 5.69 Å². The molecule has 2 rings (SSSR count). The van der Waals surface area contributed by atoms with E-state index in [0.717, 1.165) is 30.3 Å². The van der Waals surface area contributed by atoms with Crippen LogP contribution < -0.4 is 10.6 Å². The molecule has 0 fully saturated rings. The van der Waals surface area contributed by atoms with Crippen molar-refractivity contribution in [2.24, 2.45) is 0 Å². The van der Waals surface area contributed by atoms with Crippen LogP contribution in [0.1, 0.15) is 11.1 Å². The topological polar surface area (TPSA) is 41.1 Å². The first kappa shape index (κ1) is 18.6. The first-order chi connectivity index (χ1) is 11.6. The molecule has 0 radical (unpaired) electrons. The predicted molar refractivity (Wildman–Crippen MR) is 80.0 cm³/mol. The average molecular weight is 362 g/mol. The Morgan fingerprint density at radius 2 is 1.56 bits per heavy atom. The zero-order valence-corrected chi connectivity index (χ0v) is 12.5. The van der Waals surface area contributed by atoms with Gasteiger partial charge in [-0.1, -0.05) is 18.2 Å². The summed E-state index contributed by atoms with van der Waals surface area (Å²) in [5.74, 6) is -0.825. The maximum absolute atomic E-state index is 12.8. The fourth-order valence-electron chi connectivity index (χ4n) is 2.02. The summed E-state index contributed by atoms with van der Waals surface area (Å²) in [4.78, 5) is 11.8. The average Bonchev–Trinajstić information content (AvgIpc) is 2.52. The first-order valence-corrected chi connectivity index (χ1v) is 6.94. The first-order valence-electron chi connectivity index (χ1n) is 6.94. The standard InChI is InChI=1S/C16H12F6N2O/c17-15(18,19)10-4-3-5-11(8-10)23-9-14(25)24-13-7-2-1-6-12(13)16(20,21)22/h1-8,23H,9H2,(H,24,25). The van der Waals surface area contributed by atoms with Gasteiger partial charge < -0.3 is 10.6 Å². The number of para-hydroxylation sites is 1. The largest absolute Gasteiger partial charge is 0.418 e. The molecule has 0 saturated heterocycles. The van der Waals surface area contributed by atoms with Gasteiger partial charge >= 0.3 is 12.4 Å². The van der Waals surface area contributed by atoms with Gasteiger partial charge in [-0.15, -0.1) is 0 Å². The summed E-state index contributed by atoms with van der Waals surface area (Å²) >= 11 is 0. The zero-order chi connectivity index (χ0) is 18.7. The molecule has 134 valence electrons. The third-order valence-electron chi connectivity index (χ3n) is 3.15. The van der Waals surface area contributed by atoms with E-state index < -0.39 is 41.6 Å². The molecule has 3 nitrogen and oxygen atoms in total.